The van der Waals surface area contributed by atoms with Crippen LogP contribution in [0.2, 0.25) is 0 Å². The van der Waals surface area contributed by atoms with E-state index in [1.54, 1.807) is 12.1 Å². The minimum Gasteiger partial charge on any atom is -0.350 e. The molecule has 2 heterocycles. The minimum atomic E-state index is -3.61. The maximum atomic E-state index is 12.4. The Labute approximate surface area is 142 Å². The van der Waals surface area contributed by atoms with Crippen LogP contribution in [0.25, 0.3) is 0 Å². The van der Waals surface area contributed by atoms with E-state index in [1.807, 2.05) is 0 Å². The van der Waals surface area contributed by atoms with E-state index < -0.39 is 10.0 Å². The molecule has 2 saturated heterocycles. The standard InChI is InChI=1S/C16H24N4O3S/c21-16(19-11-13-4-2-7-18-13)12-3-1-5-15(9-12)24(22,23)20-14-6-8-17-10-14/h1,3,5,9,13-14,17-18,20H,2,4,6-8,10-11H2,(H,19,21)/t13-,14+/m0/s1. The van der Waals surface area contributed by atoms with E-state index in [0.717, 1.165) is 32.4 Å². The van der Waals surface area contributed by atoms with E-state index in [0.29, 0.717) is 24.7 Å². The number of rotatable bonds is 6. The summed E-state index contributed by atoms with van der Waals surface area (Å²) in [6.07, 6.45) is 2.94. The van der Waals surface area contributed by atoms with E-state index in [1.165, 1.54) is 12.1 Å². The molecule has 3 rings (SSSR count). The Bertz CT molecular complexity index is 680. The predicted octanol–water partition coefficient (Wildman–Crippen LogP) is -0.191. The monoisotopic (exact) mass is 352 g/mol. The average Bonchev–Trinajstić information content (AvgIpc) is 3.26. The smallest absolute Gasteiger partial charge is 0.251 e. The van der Waals surface area contributed by atoms with E-state index >= 15 is 0 Å². The lowest BCUT2D eigenvalue weighted by Crippen LogP contribution is -2.37. The molecular weight excluding hydrogens is 328 g/mol. The maximum Gasteiger partial charge on any atom is 0.251 e. The summed E-state index contributed by atoms with van der Waals surface area (Å²) in [5.74, 6) is -0.247. The number of carbonyl (C=O) groups excluding carboxylic acids is 1. The maximum absolute atomic E-state index is 12.4. The van der Waals surface area contributed by atoms with Crippen molar-refractivity contribution in [1.29, 1.82) is 0 Å². The lowest BCUT2D eigenvalue weighted by atomic mass is 10.2. The van der Waals surface area contributed by atoms with Crippen molar-refractivity contribution >= 4 is 15.9 Å². The molecule has 2 aliphatic rings. The highest BCUT2D eigenvalue weighted by molar-refractivity contribution is 7.89. The second-order valence-electron chi connectivity index (χ2n) is 6.34. The molecule has 132 valence electrons. The fourth-order valence-electron chi connectivity index (χ4n) is 3.10. The SMILES string of the molecule is O=C(NC[C@@H]1CCCN1)c1cccc(S(=O)(=O)N[C@@H]2CCNC2)c1. The number of benzene rings is 1. The molecule has 0 aromatic heterocycles. The Morgan fingerprint density at radius 3 is 2.83 bits per heavy atom. The molecule has 2 fully saturated rings. The number of nitrogens with one attached hydrogen (secondary N) is 4. The lowest BCUT2D eigenvalue weighted by molar-refractivity contribution is 0.0950. The summed E-state index contributed by atoms with van der Waals surface area (Å²) in [5, 5.41) is 9.30. The van der Waals surface area contributed by atoms with Gasteiger partial charge in [-0.25, -0.2) is 13.1 Å². The first-order valence-electron chi connectivity index (χ1n) is 8.39. The van der Waals surface area contributed by atoms with Crippen molar-refractivity contribution in [2.75, 3.05) is 26.2 Å². The van der Waals surface area contributed by atoms with Gasteiger partial charge in [0.2, 0.25) is 10.0 Å². The van der Waals surface area contributed by atoms with Crippen molar-refractivity contribution in [3.05, 3.63) is 29.8 Å². The zero-order valence-corrected chi connectivity index (χ0v) is 14.4. The number of hydrogen-bond acceptors (Lipinski definition) is 5. The highest BCUT2D eigenvalue weighted by atomic mass is 32.2. The molecule has 0 saturated carbocycles. The first-order chi connectivity index (χ1) is 11.5. The normalized spacial score (nSPS) is 24.2. The Morgan fingerprint density at radius 2 is 2.12 bits per heavy atom. The van der Waals surface area contributed by atoms with Crippen molar-refractivity contribution in [1.82, 2.24) is 20.7 Å². The molecule has 1 aromatic rings. The van der Waals surface area contributed by atoms with Crippen molar-refractivity contribution in [2.24, 2.45) is 0 Å². The molecule has 8 heteroatoms. The quantitative estimate of drug-likeness (QED) is 0.569. The zero-order chi connectivity index (χ0) is 17.0. The summed E-state index contributed by atoms with van der Waals surface area (Å²) in [6.45, 7) is 2.98. The first kappa shape index (κ1) is 17.3. The molecule has 1 aromatic carbocycles. The van der Waals surface area contributed by atoms with Crippen LogP contribution in [-0.2, 0) is 10.0 Å². The fourth-order valence-corrected chi connectivity index (χ4v) is 4.41. The third-order valence-electron chi connectivity index (χ3n) is 4.46. The highest BCUT2D eigenvalue weighted by Crippen LogP contribution is 2.13. The van der Waals surface area contributed by atoms with Crippen LogP contribution in [-0.4, -0.2) is 52.6 Å². The van der Waals surface area contributed by atoms with Gasteiger partial charge >= 0.3 is 0 Å². The van der Waals surface area contributed by atoms with Crippen LogP contribution in [0.4, 0.5) is 0 Å². The zero-order valence-electron chi connectivity index (χ0n) is 13.5. The first-order valence-corrected chi connectivity index (χ1v) is 9.87. The van der Waals surface area contributed by atoms with Crippen LogP contribution >= 0.6 is 0 Å². The third-order valence-corrected chi connectivity index (χ3v) is 5.98. The molecule has 0 radical (unpaired) electrons. The number of carbonyl (C=O) groups is 1. The molecule has 1 amide bonds. The minimum absolute atomic E-state index is 0.0964. The molecule has 24 heavy (non-hydrogen) atoms. The molecule has 0 aliphatic carbocycles. The van der Waals surface area contributed by atoms with Gasteiger partial charge in [0.15, 0.2) is 0 Å². The van der Waals surface area contributed by atoms with Crippen molar-refractivity contribution in [2.45, 2.75) is 36.2 Å². The molecule has 0 bridgehead atoms. The van der Waals surface area contributed by atoms with Gasteiger partial charge in [-0.2, -0.15) is 0 Å². The molecule has 4 N–H and O–H groups in total. The molecular formula is C16H24N4O3S. The molecule has 2 atom stereocenters. The lowest BCUT2D eigenvalue weighted by Gasteiger charge is -2.14. The third kappa shape index (κ3) is 4.32. The topological polar surface area (TPSA) is 99.3 Å². The molecule has 2 aliphatic heterocycles. The molecule has 0 spiro atoms. The van der Waals surface area contributed by atoms with Gasteiger partial charge in [0.05, 0.1) is 4.90 Å². The Morgan fingerprint density at radius 1 is 1.25 bits per heavy atom. The van der Waals surface area contributed by atoms with Gasteiger partial charge in [-0.3, -0.25) is 4.79 Å². The van der Waals surface area contributed by atoms with Gasteiger partial charge in [-0.1, -0.05) is 6.07 Å². The van der Waals surface area contributed by atoms with Crippen LogP contribution in [0, 0.1) is 0 Å². The Hall–Kier alpha value is -1.48. The van der Waals surface area contributed by atoms with E-state index in [2.05, 4.69) is 20.7 Å². The summed E-state index contributed by atoms with van der Waals surface area (Å²) in [5.41, 5.74) is 0.361. The summed E-state index contributed by atoms with van der Waals surface area (Å²) in [7, 11) is -3.61. The molecule has 7 nitrogen and oxygen atoms in total. The van der Waals surface area contributed by atoms with Crippen molar-refractivity contribution < 1.29 is 13.2 Å². The number of hydrogen-bond donors (Lipinski definition) is 4. The van der Waals surface area contributed by atoms with Gasteiger partial charge in [-0.15, -0.1) is 0 Å². The second-order valence-corrected chi connectivity index (χ2v) is 8.06. The summed E-state index contributed by atoms with van der Waals surface area (Å²) in [6, 6.07) is 6.39. The predicted molar refractivity (Wildman–Crippen MR) is 91.4 cm³/mol. The molecule has 0 unspecified atom stereocenters. The van der Waals surface area contributed by atoms with Crippen LogP contribution in [0.1, 0.15) is 29.6 Å². The van der Waals surface area contributed by atoms with E-state index in [9.17, 15) is 13.2 Å². The van der Waals surface area contributed by atoms with Gasteiger partial charge < -0.3 is 16.0 Å². The van der Waals surface area contributed by atoms with Crippen LogP contribution in [0.5, 0.6) is 0 Å². The Kier molecular flexibility index (Phi) is 5.50. The van der Waals surface area contributed by atoms with Crippen molar-refractivity contribution in [3.63, 3.8) is 0 Å². The summed E-state index contributed by atoms with van der Waals surface area (Å²) >= 11 is 0. The largest absolute Gasteiger partial charge is 0.350 e. The van der Waals surface area contributed by atoms with Crippen LogP contribution < -0.4 is 20.7 Å². The van der Waals surface area contributed by atoms with Gasteiger partial charge in [0.1, 0.15) is 0 Å². The summed E-state index contributed by atoms with van der Waals surface area (Å²) < 4.78 is 27.6. The van der Waals surface area contributed by atoms with Gasteiger partial charge in [-0.05, 0) is 50.6 Å². The fraction of sp³-hybridized carbons (Fsp3) is 0.562. The highest BCUT2D eigenvalue weighted by Gasteiger charge is 2.23. The van der Waals surface area contributed by atoms with Gasteiger partial charge in [0.25, 0.3) is 5.91 Å². The van der Waals surface area contributed by atoms with Crippen molar-refractivity contribution in [3.8, 4) is 0 Å². The van der Waals surface area contributed by atoms with E-state index in [-0.39, 0.29) is 16.8 Å². The van der Waals surface area contributed by atoms with Crippen LogP contribution in [0.3, 0.4) is 0 Å². The number of sulfonamides is 1. The number of amides is 1. The van der Waals surface area contributed by atoms with E-state index in [4.69, 9.17) is 0 Å². The average molecular weight is 352 g/mol. The summed E-state index contributed by atoms with van der Waals surface area (Å²) in [4.78, 5) is 12.4. The van der Waals surface area contributed by atoms with Gasteiger partial charge in [0, 0.05) is 30.7 Å². The second kappa shape index (κ2) is 7.60. The Balaban J connectivity index is 1.64. The van der Waals surface area contributed by atoms with Crippen LogP contribution in [0.15, 0.2) is 29.2 Å².